The van der Waals surface area contributed by atoms with E-state index in [0.29, 0.717) is 0 Å². The molecule has 2 heteroatoms. The Morgan fingerprint density at radius 3 is 2.69 bits per heavy atom. The standard InChI is InChI=1S/C14H20NO/c1-3-4-5-9-12-16-15-13(2)14-10-7-6-8-11-14/h7-8,10-11H,3-5,9,12H2,1-2H3/b15-13-. The van der Waals surface area contributed by atoms with Crippen molar-refractivity contribution in [2.75, 3.05) is 6.61 Å². The molecule has 0 saturated heterocycles. The Bertz CT molecular complexity index is 306. The number of nitrogens with zero attached hydrogens (tertiary/aromatic N) is 1. The molecule has 0 fully saturated rings. The molecule has 0 N–H and O–H groups in total. The minimum absolute atomic E-state index is 0.719. The highest BCUT2D eigenvalue weighted by atomic mass is 16.6. The molecular formula is C14H20NO. The van der Waals surface area contributed by atoms with Gasteiger partial charge in [-0.3, -0.25) is 0 Å². The minimum atomic E-state index is 0.719. The first-order valence-corrected chi connectivity index (χ1v) is 5.97. The second-order valence-corrected chi connectivity index (χ2v) is 3.86. The summed E-state index contributed by atoms with van der Waals surface area (Å²) in [5, 5.41) is 4.09. The Balaban J connectivity index is 2.24. The van der Waals surface area contributed by atoms with Crippen molar-refractivity contribution < 1.29 is 4.84 Å². The van der Waals surface area contributed by atoms with Gasteiger partial charge in [-0.15, -0.1) is 0 Å². The first-order chi connectivity index (χ1) is 7.84. The van der Waals surface area contributed by atoms with Crippen molar-refractivity contribution >= 4 is 5.71 Å². The van der Waals surface area contributed by atoms with E-state index in [0.717, 1.165) is 24.3 Å². The van der Waals surface area contributed by atoms with Gasteiger partial charge in [0.25, 0.3) is 0 Å². The SMILES string of the molecule is CCCCCCO/N=C(/C)c1cc[c]cc1. The van der Waals surface area contributed by atoms with Crippen LogP contribution in [0.25, 0.3) is 0 Å². The predicted octanol–water partition coefficient (Wildman–Crippen LogP) is 3.81. The highest BCUT2D eigenvalue weighted by molar-refractivity contribution is 5.98. The number of oxime groups is 1. The number of rotatable bonds is 7. The number of hydrogen-bond donors (Lipinski definition) is 0. The van der Waals surface area contributed by atoms with E-state index in [1.807, 2.05) is 31.2 Å². The van der Waals surface area contributed by atoms with Crippen molar-refractivity contribution in [2.24, 2.45) is 5.16 Å². The molecule has 87 valence electrons. The van der Waals surface area contributed by atoms with Gasteiger partial charge in [0.05, 0.1) is 5.71 Å². The summed E-state index contributed by atoms with van der Waals surface area (Å²) in [6.45, 7) is 4.88. The number of benzene rings is 1. The van der Waals surface area contributed by atoms with Crippen LogP contribution in [-0.4, -0.2) is 12.3 Å². The fraction of sp³-hybridized carbons (Fsp3) is 0.500. The first kappa shape index (κ1) is 12.8. The summed E-state index contributed by atoms with van der Waals surface area (Å²) in [5.41, 5.74) is 2.01. The Kier molecular flexibility index (Phi) is 6.31. The van der Waals surface area contributed by atoms with Gasteiger partial charge in [0.2, 0.25) is 0 Å². The molecular weight excluding hydrogens is 198 g/mol. The molecule has 0 unspecified atom stereocenters. The topological polar surface area (TPSA) is 21.6 Å². The molecule has 1 aromatic carbocycles. The highest BCUT2D eigenvalue weighted by Gasteiger charge is 1.95. The fourth-order valence-electron chi connectivity index (χ4n) is 1.42. The molecule has 0 bridgehead atoms. The second-order valence-electron chi connectivity index (χ2n) is 3.86. The Morgan fingerprint density at radius 1 is 1.25 bits per heavy atom. The lowest BCUT2D eigenvalue weighted by atomic mass is 10.1. The van der Waals surface area contributed by atoms with Gasteiger partial charge >= 0.3 is 0 Å². The van der Waals surface area contributed by atoms with Crippen LogP contribution in [0, 0.1) is 6.07 Å². The van der Waals surface area contributed by atoms with Crippen molar-refractivity contribution in [1.29, 1.82) is 0 Å². The number of hydrogen-bond acceptors (Lipinski definition) is 2. The van der Waals surface area contributed by atoms with E-state index in [1.54, 1.807) is 0 Å². The third kappa shape index (κ3) is 4.96. The van der Waals surface area contributed by atoms with Gasteiger partial charge in [0, 0.05) is 0 Å². The van der Waals surface area contributed by atoms with Gasteiger partial charge in [-0.05, 0) is 31.4 Å². The normalized spacial score (nSPS) is 11.5. The van der Waals surface area contributed by atoms with E-state index < -0.39 is 0 Å². The maximum absolute atomic E-state index is 5.27. The zero-order valence-electron chi connectivity index (χ0n) is 10.2. The van der Waals surface area contributed by atoms with Crippen LogP contribution in [0.4, 0.5) is 0 Å². The van der Waals surface area contributed by atoms with Gasteiger partial charge < -0.3 is 4.84 Å². The third-order valence-corrected chi connectivity index (χ3v) is 2.43. The van der Waals surface area contributed by atoms with Gasteiger partial charge in [-0.2, -0.15) is 0 Å². The van der Waals surface area contributed by atoms with E-state index in [4.69, 9.17) is 4.84 Å². The molecule has 0 spiro atoms. The van der Waals surface area contributed by atoms with Gasteiger partial charge in [0.1, 0.15) is 6.61 Å². The van der Waals surface area contributed by atoms with Crippen molar-refractivity contribution in [3.8, 4) is 0 Å². The molecule has 2 nitrogen and oxygen atoms in total. The molecule has 0 aromatic heterocycles. The maximum atomic E-state index is 5.27. The first-order valence-electron chi connectivity index (χ1n) is 5.97. The average Bonchev–Trinajstić information content (AvgIpc) is 2.34. The van der Waals surface area contributed by atoms with E-state index in [2.05, 4.69) is 18.1 Å². The van der Waals surface area contributed by atoms with Crippen molar-refractivity contribution in [3.63, 3.8) is 0 Å². The molecule has 0 heterocycles. The third-order valence-electron chi connectivity index (χ3n) is 2.43. The highest BCUT2D eigenvalue weighted by Crippen LogP contribution is 2.02. The smallest absolute Gasteiger partial charge is 0.117 e. The summed E-state index contributed by atoms with van der Waals surface area (Å²) in [4.78, 5) is 5.27. The lowest BCUT2D eigenvalue weighted by Crippen LogP contribution is -1.97. The van der Waals surface area contributed by atoms with Gasteiger partial charge in [0.15, 0.2) is 0 Å². The van der Waals surface area contributed by atoms with Crippen LogP contribution < -0.4 is 0 Å². The Labute approximate surface area is 98.3 Å². The van der Waals surface area contributed by atoms with Crippen LogP contribution in [-0.2, 0) is 4.84 Å². The summed E-state index contributed by atoms with van der Waals surface area (Å²) in [6, 6.07) is 10.7. The molecule has 0 aliphatic rings. The molecule has 0 saturated carbocycles. The zero-order valence-corrected chi connectivity index (χ0v) is 10.2. The van der Waals surface area contributed by atoms with Crippen LogP contribution in [0.5, 0.6) is 0 Å². The lowest BCUT2D eigenvalue weighted by Gasteiger charge is -2.02. The van der Waals surface area contributed by atoms with Crippen LogP contribution in [0.3, 0.4) is 0 Å². The molecule has 1 aromatic rings. The number of unbranched alkanes of at least 4 members (excludes halogenated alkanes) is 3. The van der Waals surface area contributed by atoms with E-state index >= 15 is 0 Å². The molecule has 0 aliphatic heterocycles. The van der Waals surface area contributed by atoms with Crippen LogP contribution >= 0.6 is 0 Å². The Hall–Kier alpha value is -1.31. The molecule has 16 heavy (non-hydrogen) atoms. The lowest BCUT2D eigenvalue weighted by molar-refractivity contribution is 0.139. The molecule has 0 atom stereocenters. The van der Waals surface area contributed by atoms with Gasteiger partial charge in [-0.1, -0.05) is 49.2 Å². The predicted molar refractivity (Wildman–Crippen MR) is 67.6 cm³/mol. The molecule has 0 amide bonds. The quantitative estimate of drug-likeness (QED) is 0.387. The van der Waals surface area contributed by atoms with E-state index in [-0.39, 0.29) is 0 Å². The minimum Gasteiger partial charge on any atom is -0.396 e. The summed E-state index contributed by atoms with van der Waals surface area (Å²) in [6.07, 6.45) is 4.85. The molecule has 1 rings (SSSR count). The average molecular weight is 218 g/mol. The van der Waals surface area contributed by atoms with E-state index in [1.165, 1.54) is 19.3 Å². The fourth-order valence-corrected chi connectivity index (χ4v) is 1.42. The maximum Gasteiger partial charge on any atom is 0.117 e. The van der Waals surface area contributed by atoms with E-state index in [9.17, 15) is 0 Å². The van der Waals surface area contributed by atoms with Gasteiger partial charge in [-0.25, -0.2) is 0 Å². The zero-order chi connectivity index (χ0) is 11.6. The molecule has 0 aliphatic carbocycles. The van der Waals surface area contributed by atoms with Crippen LogP contribution in [0.1, 0.15) is 45.1 Å². The van der Waals surface area contributed by atoms with Crippen molar-refractivity contribution in [1.82, 2.24) is 0 Å². The summed E-state index contributed by atoms with van der Waals surface area (Å²) < 4.78 is 0. The summed E-state index contributed by atoms with van der Waals surface area (Å²) in [7, 11) is 0. The van der Waals surface area contributed by atoms with Crippen molar-refractivity contribution in [3.05, 3.63) is 35.9 Å². The Morgan fingerprint density at radius 2 is 2.00 bits per heavy atom. The van der Waals surface area contributed by atoms with Crippen LogP contribution in [0.2, 0.25) is 0 Å². The summed E-state index contributed by atoms with van der Waals surface area (Å²) in [5.74, 6) is 0. The molecule has 1 radical (unpaired) electrons. The van der Waals surface area contributed by atoms with Crippen LogP contribution in [0.15, 0.2) is 29.4 Å². The largest absolute Gasteiger partial charge is 0.396 e. The second kappa shape index (κ2) is 7.91. The summed E-state index contributed by atoms with van der Waals surface area (Å²) >= 11 is 0. The van der Waals surface area contributed by atoms with Crippen molar-refractivity contribution in [2.45, 2.75) is 39.5 Å². The monoisotopic (exact) mass is 218 g/mol.